The second kappa shape index (κ2) is 8.72. The maximum atomic E-state index is 13.1. The van der Waals surface area contributed by atoms with Gasteiger partial charge in [-0.1, -0.05) is 41.9 Å². The van der Waals surface area contributed by atoms with Crippen LogP contribution in [0.5, 0.6) is 0 Å². The molecule has 2 N–H and O–H groups in total. The molecule has 6 nitrogen and oxygen atoms in total. The molecule has 7 heteroatoms. The molecular weight excluding hydrogens is 452 g/mol. The van der Waals surface area contributed by atoms with E-state index in [1.807, 2.05) is 32.0 Å². The average Bonchev–Trinajstić information content (AvgIpc) is 3.38. The lowest BCUT2D eigenvalue weighted by molar-refractivity contribution is -0.115. The summed E-state index contributed by atoms with van der Waals surface area (Å²) in [6.07, 6.45) is 1.70. The number of para-hydroxylation sites is 1. The zero-order valence-corrected chi connectivity index (χ0v) is 19.3. The number of aryl methyl sites for hydroxylation is 2. The van der Waals surface area contributed by atoms with Crippen molar-refractivity contribution in [3.05, 3.63) is 94.4 Å². The highest BCUT2D eigenvalue weighted by Crippen LogP contribution is 2.32. The highest BCUT2D eigenvalue weighted by atomic mass is 35.5. The minimum atomic E-state index is -0.492. The lowest BCUT2D eigenvalue weighted by Crippen LogP contribution is -2.18. The number of nitrogens with one attached hydrogen (secondary N) is 2. The van der Waals surface area contributed by atoms with E-state index >= 15 is 0 Å². The molecule has 2 aromatic heterocycles. The van der Waals surface area contributed by atoms with Crippen LogP contribution in [0.1, 0.15) is 27.2 Å². The molecule has 0 aliphatic heterocycles. The van der Waals surface area contributed by atoms with Gasteiger partial charge in [0.05, 0.1) is 12.7 Å². The van der Waals surface area contributed by atoms with Crippen molar-refractivity contribution in [3.63, 3.8) is 0 Å². The minimum Gasteiger partial charge on any atom is -0.464 e. The molecule has 0 spiro atoms. The second-order valence-corrected chi connectivity index (χ2v) is 8.57. The van der Waals surface area contributed by atoms with Crippen molar-refractivity contribution in [2.75, 3.05) is 10.6 Å². The fourth-order valence-electron chi connectivity index (χ4n) is 3.97. The Morgan fingerprint density at radius 2 is 1.76 bits per heavy atom. The van der Waals surface area contributed by atoms with Gasteiger partial charge in [0.15, 0.2) is 0 Å². The Morgan fingerprint density at radius 3 is 2.59 bits per heavy atom. The van der Waals surface area contributed by atoms with Crippen molar-refractivity contribution in [1.82, 2.24) is 0 Å². The molecule has 34 heavy (non-hydrogen) atoms. The van der Waals surface area contributed by atoms with E-state index in [-0.39, 0.29) is 18.1 Å². The Bertz CT molecular complexity index is 1560. The number of carbonyl (C=O) groups excluding carboxylic acids is 2. The Balaban J connectivity index is 1.44. The summed E-state index contributed by atoms with van der Waals surface area (Å²) in [4.78, 5) is 26.1. The summed E-state index contributed by atoms with van der Waals surface area (Å²) in [6, 6.07) is 17.9. The van der Waals surface area contributed by atoms with Crippen molar-refractivity contribution < 1.29 is 18.4 Å². The van der Waals surface area contributed by atoms with Crippen LogP contribution in [-0.2, 0) is 11.2 Å². The monoisotopic (exact) mass is 472 g/mol. The number of hydrogen-bond donors (Lipinski definition) is 2. The molecule has 0 unspecified atom stereocenters. The normalized spacial score (nSPS) is 11.1. The summed E-state index contributed by atoms with van der Waals surface area (Å²) >= 11 is 6.03. The Labute approximate surface area is 200 Å². The van der Waals surface area contributed by atoms with Crippen LogP contribution in [0.4, 0.5) is 11.4 Å². The predicted octanol–water partition coefficient (Wildman–Crippen LogP) is 6.88. The fraction of sp³-hybridized carbons (Fsp3) is 0.111. The molecule has 2 heterocycles. The van der Waals surface area contributed by atoms with Crippen molar-refractivity contribution in [3.8, 4) is 0 Å². The standard InChI is InChI=1S/C27H21ClN2O4/c1-15-10-11-20-17(14-33-25(20)16(15)2)12-23(31)30-24-21-8-3-4-9-22(21)34-26(24)27(32)29-19-7-5-6-18(28)13-19/h3-11,13-14H,12H2,1-2H3,(H,29,32)(H,30,31). The number of rotatable bonds is 5. The molecule has 0 saturated carbocycles. The molecule has 0 bridgehead atoms. The number of halogens is 1. The van der Waals surface area contributed by atoms with E-state index in [4.69, 9.17) is 20.4 Å². The van der Waals surface area contributed by atoms with Gasteiger partial charge in [-0.25, -0.2) is 0 Å². The van der Waals surface area contributed by atoms with Crippen LogP contribution < -0.4 is 10.6 Å². The summed E-state index contributed by atoms with van der Waals surface area (Å²) < 4.78 is 11.6. The van der Waals surface area contributed by atoms with E-state index in [0.717, 1.165) is 27.7 Å². The van der Waals surface area contributed by atoms with Crippen molar-refractivity contribution in [2.24, 2.45) is 0 Å². The van der Waals surface area contributed by atoms with Crippen molar-refractivity contribution in [1.29, 1.82) is 0 Å². The van der Waals surface area contributed by atoms with Gasteiger partial charge in [-0.3, -0.25) is 9.59 Å². The number of furan rings is 2. The Morgan fingerprint density at radius 1 is 0.941 bits per heavy atom. The number of carbonyl (C=O) groups is 2. The van der Waals surface area contributed by atoms with E-state index in [2.05, 4.69) is 10.6 Å². The lowest BCUT2D eigenvalue weighted by Gasteiger charge is -2.08. The largest absolute Gasteiger partial charge is 0.464 e. The maximum Gasteiger partial charge on any atom is 0.293 e. The molecule has 170 valence electrons. The molecule has 0 saturated heterocycles. The summed E-state index contributed by atoms with van der Waals surface area (Å²) in [5.41, 5.74) is 5.05. The quantitative estimate of drug-likeness (QED) is 0.292. The Hall–Kier alpha value is -4.03. The fourth-order valence-corrected chi connectivity index (χ4v) is 4.16. The first-order valence-corrected chi connectivity index (χ1v) is 11.1. The number of benzene rings is 3. The van der Waals surface area contributed by atoms with Crippen LogP contribution in [0.15, 0.2) is 75.8 Å². The molecule has 0 atom stereocenters. The third-order valence-corrected chi connectivity index (χ3v) is 6.08. The van der Waals surface area contributed by atoms with Crippen molar-refractivity contribution in [2.45, 2.75) is 20.3 Å². The van der Waals surface area contributed by atoms with Crippen LogP contribution in [0.3, 0.4) is 0 Å². The number of fused-ring (bicyclic) bond motifs is 2. The first kappa shape index (κ1) is 21.8. The van der Waals surface area contributed by atoms with Gasteiger partial charge < -0.3 is 19.5 Å². The van der Waals surface area contributed by atoms with Crippen LogP contribution in [0.2, 0.25) is 5.02 Å². The molecule has 5 aromatic rings. The van der Waals surface area contributed by atoms with E-state index in [9.17, 15) is 9.59 Å². The van der Waals surface area contributed by atoms with Gasteiger partial charge in [-0.15, -0.1) is 0 Å². The van der Waals surface area contributed by atoms with Gasteiger partial charge in [0, 0.05) is 27.0 Å². The third kappa shape index (κ3) is 4.04. The molecule has 0 fully saturated rings. The van der Waals surface area contributed by atoms with Gasteiger partial charge in [0.2, 0.25) is 11.7 Å². The topological polar surface area (TPSA) is 84.5 Å². The summed E-state index contributed by atoms with van der Waals surface area (Å²) in [5.74, 6) is -0.768. The van der Waals surface area contributed by atoms with Gasteiger partial charge in [-0.2, -0.15) is 0 Å². The van der Waals surface area contributed by atoms with Gasteiger partial charge in [-0.05, 0) is 55.3 Å². The predicted molar refractivity (Wildman–Crippen MR) is 134 cm³/mol. The van der Waals surface area contributed by atoms with Crippen LogP contribution >= 0.6 is 11.6 Å². The molecule has 0 aliphatic carbocycles. The lowest BCUT2D eigenvalue weighted by atomic mass is 10.0. The SMILES string of the molecule is Cc1ccc2c(CC(=O)Nc3c(C(=O)Nc4cccc(Cl)c4)oc4ccccc34)coc2c1C. The molecule has 0 aliphatic rings. The van der Waals surface area contributed by atoms with Crippen LogP contribution in [0, 0.1) is 13.8 Å². The van der Waals surface area contributed by atoms with Gasteiger partial charge in [0.1, 0.15) is 16.9 Å². The minimum absolute atomic E-state index is 0.0121. The van der Waals surface area contributed by atoms with E-state index < -0.39 is 5.91 Å². The van der Waals surface area contributed by atoms with E-state index in [0.29, 0.717) is 27.4 Å². The number of hydrogen-bond acceptors (Lipinski definition) is 4. The number of anilines is 2. The molecule has 5 rings (SSSR count). The zero-order valence-electron chi connectivity index (χ0n) is 18.6. The number of amides is 2. The highest BCUT2D eigenvalue weighted by molar-refractivity contribution is 6.31. The second-order valence-electron chi connectivity index (χ2n) is 8.14. The zero-order chi connectivity index (χ0) is 23.8. The highest BCUT2D eigenvalue weighted by Gasteiger charge is 2.23. The summed E-state index contributed by atoms with van der Waals surface area (Å²) in [7, 11) is 0. The third-order valence-electron chi connectivity index (χ3n) is 5.84. The summed E-state index contributed by atoms with van der Waals surface area (Å²) in [5, 5.41) is 7.68. The molecule has 2 amide bonds. The molecular formula is C27H21ClN2O4. The smallest absolute Gasteiger partial charge is 0.293 e. The van der Waals surface area contributed by atoms with Gasteiger partial charge in [0.25, 0.3) is 5.91 Å². The first-order valence-electron chi connectivity index (χ1n) is 10.8. The first-order chi connectivity index (χ1) is 16.4. The molecule has 3 aromatic carbocycles. The average molecular weight is 473 g/mol. The summed E-state index contributed by atoms with van der Waals surface area (Å²) in [6.45, 7) is 4.01. The van der Waals surface area contributed by atoms with Crippen LogP contribution in [0.25, 0.3) is 21.9 Å². The van der Waals surface area contributed by atoms with Gasteiger partial charge >= 0.3 is 0 Å². The van der Waals surface area contributed by atoms with Crippen molar-refractivity contribution >= 4 is 56.7 Å². The maximum absolute atomic E-state index is 13.1. The molecule has 0 radical (unpaired) electrons. The van der Waals surface area contributed by atoms with Crippen LogP contribution in [-0.4, -0.2) is 11.8 Å². The van der Waals surface area contributed by atoms with E-state index in [1.54, 1.807) is 48.7 Å². The Kier molecular flexibility index (Phi) is 5.59. The van der Waals surface area contributed by atoms with E-state index in [1.165, 1.54) is 0 Å².